The van der Waals surface area contributed by atoms with Gasteiger partial charge in [0.1, 0.15) is 11.2 Å². The fourth-order valence-electron chi connectivity index (χ4n) is 16.6. The van der Waals surface area contributed by atoms with E-state index in [2.05, 4.69) is 21.3 Å². The minimum Gasteiger partial charge on any atom is -0.444 e. The van der Waals surface area contributed by atoms with Crippen LogP contribution in [0.25, 0.3) is 0 Å². The fraction of sp³-hybridized carbons (Fsp3) is 0.621. The minimum absolute atomic E-state index is 0. The van der Waals surface area contributed by atoms with Gasteiger partial charge in [0.25, 0.3) is 0 Å². The first-order valence-electron chi connectivity index (χ1n) is 43.7. The number of benzene rings is 4. The third-order valence-corrected chi connectivity index (χ3v) is 23.2. The number of ether oxygens (including phenoxy) is 2. The highest BCUT2D eigenvalue weighted by Gasteiger charge is 2.51. The molecule has 12 N–H and O–H groups in total. The Labute approximate surface area is 719 Å². The highest BCUT2D eigenvalue weighted by atomic mass is 16.6. The molecule has 4 saturated heterocycles. The molecule has 4 aromatic carbocycles. The third-order valence-electron chi connectivity index (χ3n) is 23.2. The lowest BCUT2D eigenvalue weighted by Crippen LogP contribution is -2.63. The number of amides is 8. The number of hydrogen-bond donors (Lipinski definition) is 8. The maximum atomic E-state index is 14.5. The van der Waals surface area contributed by atoms with E-state index in [4.69, 9.17) is 32.4 Å². The van der Waals surface area contributed by atoms with Gasteiger partial charge in [0, 0.05) is 119 Å². The van der Waals surface area contributed by atoms with Crippen LogP contribution >= 0.6 is 0 Å². The number of piperidine rings is 2. The topological polar surface area (TPSA) is 388 Å². The molecule has 0 aliphatic carbocycles. The molecule has 26 heteroatoms. The molecule has 10 atom stereocenters. The SMILES string of the molecule is C.CC(C)C[C@@H](NC(=O)[C@H](CC(=O)[C@@H](Cc1ccccc1)NC(=O)OC(C)(C)C)Cc1ccccc1)C(=O)C[C@H](CCCCNC(=O)OC(C)(C)C)C(=O)N1CC2(CCN(C(=O)[C@@H](C)N)CC2)C1.CC(C)C[C@@H](NC(=O)[C@H](CC(=O)[C@H](N)Cc1ccccc1)Cc1ccccc1)C(=O)C[C@H](CCCCN)C(=O)N1CC2(CCN(C(=O)[C@@H](C)N)CC2)C1. The van der Waals surface area contributed by atoms with Gasteiger partial charge in [0.2, 0.25) is 35.4 Å². The molecular formula is C95H144N12O14. The van der Waals surface area contributed by atoms with Crippen LogP contribution in [0.5, 0.6) is 0 Å². The minimum atomic E-state index is -0.993. The highest BCUT2D eigenvalue weighted by Crippen LogP contribution is 2.44. The number of Topliss-reactive ketones (excluding diaryl/α,β-unsaturated/α-hetero) is 4. The van der Waals surface area contributed by atoms with Crippen LogP contribution in [0.3, 0.4) is 0 Å². The average molecular weight is 1680 g/mol. The van der Waals surface area contributed by atoms with E-state index in [0.29, 0.717) is 117 Å². The fourth-order valence-corrected chi connectivity index (χ4v) is 16.6. The molecule has 0 aromatic heterocycles. The zero-order valence-electron chi connectivity index (χ0n) is 73.5. The van der Waals surface area contributed by atoms with E-state index in [-0.39, 0.29) is 121 Å². The summed E-state index contributed by atoms with van der Waals surface area (Å²) >= 11 is 0. The second-order valence-electron chi connectivity index (χ2n) is 37.2. The van der Waals surface area contributed by atoms with Gasteiger partial charge in [0.15, 0.2) is 23.1 Å². The Morgan fingerprint density at radius 1 is 0.397 bits per heavy atom. The van der Waals surface area contributed by atoms with Gasteiger partial charge in [-0.15, -0.1) is 0 Å². The van der Waals surface area contributed by atoms with Gasteiger partial charge in [-0.1, -0.05) is 169 Å². The summed E-state index contributed by atoms with van der Waals surface area (Å²) in [5.41, 5.74) is 25.8. The summed E-state index contributed by atoms with van der Waals surface area (Å²) < 4.78 is 10.9. The molecule has 4 aromatic rings. The molecule has 668 valence electrons. The Balaban J connectivity index is 0.000000382. The quantitative estimate of drug-likeness (QED) is 0.0191. The Morgan fingerprint density at radius 3 is 1.08 bits per heavy atom. The molecule has 4 fully saturated rings. The molecule has 26 nitrogen and oxygen atoms in total. The Bertz CT molecular complexity index is 3970. The summed E-state index contributed by atoms with van der Waals surface area (Å²) in [4.78, 5) is 171. The number of alkyl carbamates (subject to hydrolysis) is 2. The van der Waals surface area contributed by atoms with E-state index in [9.17, 15) is 57.5 Å². The molecule has 8 rings (SSSR count). The van der Waals surface area contributed by atoms with Gasteiger partial charge in [-0.3, -0.25) is 47.9 Å². The summed E-state index contributed by atoms with van der Waals surface area (Å²) in [7, 11) is 0. The van der Waals surface area contributed by atoms with Crippen LogP contribution in [0.15, 0.2) is 121 Å². The zero-order valence-corrected chi connectivity index (χ0v) is 73.5. The Hall–Kier alpha value is -9.24. The molecule has 0 saturated carbocycles. The largest absolute Gasteiger partial charge is 0.444 e. The summed E-state index contributed by atoms with van der Waals surface area (Å²) in [5, 5.41) is 11.6. The first-order chi connectivity index (χ1) is 56.7. The first-order valence-corrected chi connectivity index (χ1v) is 43.7. The van der Waals surface area contributed by atoms with Gasteiger partial charge in [-0.05, 0) is 186 Å². The number of hydrogen-bond acceptors (Lipinski definition) is 18. The van der Waals surface area contributed by atoms with Crippen LogP contribution in [-0.2, 0) is 83.1 Å². The molecule has 4 aliphatic rings. The van der Waals surface area contributed by atoms with Crippen molar-refractivity contribution in [3.05, 3.63) is 144 Å². The lowest BCUT2D eigenvalue weighted by molar-refractivity contribution is -0.155. The number of carbonyl (C=O) groups is 12. The van der Waals surface area contributed by atoms with Crippen LogP contribution < -0.4 is 44.2 Å². The second kappa shape index (κ2) is 48.0. The number of carbonyl (C=O) groups excluding carboxylic acids is 12. The smallest absolute Gasteiger partial charge is 0.408 e. The van der Waals surface area contributed by atoms with Crippen molar-refractivity contribution in [2.24, 2.45) is 69.3 Å². The van der Waals surface area contributed by atoms with Gasteiger partial charge >= 0.3 is 12.2 Å². The van der Waals surface area contributed by atoms with Crippen LogP contribution in [0.1, 0.15) is 215 Å². The van der Waals surface area contributed by atoms with Gasteiger partial charge < -0.3 is 73.3 Å². The number of rotatable bonds is 42. The first kappa shape index (κ1) is 101. The zero-order chi connectivity index (χ0) is 88.1. The van der Waals surface area contributed by atoms with Crippen molar-refractivity contribution in [3.8, 4) is 0 Å². The van der Waals surface area contributed by atoms with Crippen molar-refractivity contribution in [3.63, 3.8) is 0 Å². The van der Waals surface area contributed by atoms with Crippen molar-refractivity contribution < 1.29 is 67.0 Å². The summed E-state index contributed by atoms with van der Waals surface area (Å²) in [6.45, 7) is 27.4. The van der Waals surface area contributed by atoms with E-state index in [1.807, 2.05) is 164 Å². The average Bonchev–Trinajstić information content (AvgIpc) is 0.763. The molecule has 4 aliphatic heterocycles. The van der Waals surface area contributed by atoms with E-state index in [1.165, 1.54) is 0 Å². The monoisotopic (exact) mass is 1680 g/mol. The van der Waals surface area contributed by atoms with Crippen LogP contribution in [0.4, 0.5) is 9.59 Å². The summed E-state index contributed by atoms with van der Waals surface area (Å²) in [5.74, 6) is -4.84. The molecule has 0 radical (unpaired) electrons. The van der Waals surface area contributed by atoms with Crippen LogP contribution in [0, 0.1) is 46.3 Å². The van der Waals surface area contributed by atoms with Crippen molar-refractivity contribution in [2.75, 3.05) is 65.4 Å². The standard InChI is InChI=1S/C52H78N6O9.C42H62N6O5.CH4/c1-35(2)28-41(55-45(61)40(29-37-18-12-10-13-19-37)32-44(60)42(30-38-20-14-11-15-21-38)56-49(65)67-51(7,8)9)43(59)31-39(22-16-17-25-54-48(64)66-50(4,5)6)47(63)58-33-52(34-58)23-26-57(27-24-52)46(62)36(3)53;1-29(2)22-36(46-39(51)34(23-31-12-6-4-7-13-31)26-37(49)35(45)24-32-14-8-5-9-15-32)38(50)25-33(16-10-11-19-43)41(53)48-27-42(28-48)17-20-47(21-18-42)40(52)30(3)44;/h10-15,18-21,35-36,39-42H,16-17,22-34,53H2,1-9H3,(H,54,64)(H,55,61)(H,56,65);4-9,12-15,29-30,33-36H,10-11,16-28,43-45H2,1-3H3,(H,46,51);1H4/t36-,39+,40+,41-,42-;30-,33+,34+,35-,36-;/m11./s1. The number of nitrogens with zero attached hydrogens (tertiary/aromatic N) is 4. The van der Waals surface area contributed by atoms with Crippen molar-refractivity contribution >= 4 is 70.8 Å². The molecule has 2 spiro atoms. The number of nitrogens with one attached hydrogen (secondary N) is 4. The van der Waals surface area contributed by atoms with Crippen molar-refractivity contribution in [1.82, 2.24) is 40.9 Å². The summed E-state index contributed by atoms with van der Waals surface area (Å²) in [6.07, 6.45) is 6.85. The number of unbranched alkanes of at least 4 members (excludes halogenated alkanes) is 2. The second-order valence-corrected chi connectivity index (χ2v) is 37.2. The number of ketones is 4. The molecular weight excluding hydrogens is 1530 g/mol. The third kappa shape index (κ3) is 33.5. The molecule has 4 heterocycles. The lowest BCUT2D eigenvalue weighted by atomic mass is 9.71. The lowest BCUT2D eigenvalue weighted by Gasteiger charge is -2.54. The predicted octanol–water partition coefficient (Wildman–Crippen LogP) is 10.6. The number of likely N-dealkylation sites (tertiary alicyclic amines) is 4. The molecule has 0 bridgehead atoms. The maximum absolute atomic E-state index is 14.5. The van der Waals surface area contributed by atoms with Crippen molar-refractivity contribution in [2.45, 2.75) is 266 Å². The molecule has 0 unspecified atom stereocenters. The molecule has 8 amide bonds. The molecule has 121 heavy (non-hydrogen) atoms. The van der Waals surface area contributed by atoms with Crippen LogP contribution in [0.2, 0.25) is 0 Å². The predicted molar refractivity (Wildman–Crippen MR) is 472 cm³/mol. The van der Waals surface area contributed by atoms with Gasteiger partial charge in [-0.25, -0.2) is 9.59 Å². The summed E-state index contributed by atoms with van der Waals surface area (Å²) in [6, 6.07) is 33.1. The normalized spacial score (nSPS) is 17.3. The van der Waals surface area contributed by atoms with Crippen LogP contribution in [-0.4, -0.2) is 203 Å². The van der Waals surface area contributed by atoms with E-state index >= 15 is 0 Å². The number of nitrogens with two attached hydrogens (primary N) is 4. The Morgan fingerprint density at radius 2 is 0.727 bits per heavy atom. The van der Waals surface area contributed by atoms with E-state index in [1.54, 1.807) is 60.3 Å². The Kier molecular flexibility index (Phi) is 39.9. The van der Waals surface area contributed by atoms with Gasteiger partial charge in [0.05, 0.1) is 36.3 Å². The van der Waals surface area contributed by atoms with E-state index < -0.39 is 89.2 Å². The highest BCUT2D eigenvalue weighted by molar-refractivity contribution is 5.97. The van der Waals surface area contributed by atoms with Crippen molar-refractivity contribution in [1.29, 1.82) is 0 Å². The van der Waals surface area contributed by atoms with E-state index in [0.717, 1.165) is 60.8 Å². The van der Waals surface area contributed by atoms with Gasteiger partial charge in [-0.2, -0.15) is 0 Å². The maximum Gasteiger partial charge on any atom is 0.408 e.